The summed E-state index contributed by atoms with van der Waals surface area (Å²) in [7, 11) is 3.40. The maximum atomic E-state index is 12.2. The van der Waals surface area contributed by atoms with Crippen molar-refractivity contribution in [3.05, 3.63) is 29.8 Å². The van der Waals surface area contributed by atoms with E-state index >= 15 is 0 Å². The summed E-state index contributed by atoms with van der Waals surface area (Å²) in [6, 6.07) is 7.88. The molecule has 1 aromatic rings. The molecule has 27 heavy (non-hydrogen) atoms. The number of carbonyl (C=O) groups excluding carboxylic acids is 2. The fourth-order valence-electron chi connectivity index (χ4n) is 3.28. The number of amides is 2. The first-order valence-electron chi connectivity index (χ1n) is 9.60. The third-order valence-corrected chi connectivity index (χ3v) is 4.90. The summed E-state index contributed by atoms with van der Waals surface area (Å²) in [4.78, 5) is 30.2. The molecule has 0 aromatic heterocycles. The number of aliphatic imine (C=N–C) groups is 1. The standard InChI is InChI=1S/C20H31N5O2/c1-4-15-6-5-7-17(12-15)24-19(27)14-23-20(22-3)25-10-8-16(9-11-25)13-18(26)21-2/h5-7,12,16H,4,8-11,13-14H2,1-3H3,(H,21,26)(H,22,23)(H,24,27). The van der Waals surface area contributed by atoms with Crippen molar-refractivity contribution in [2.75, 3.05) is 39.0 Å². The molecule has 148 valence electrons. The minimum absolute atomic E-state index is 0.0970. The lowest BCUT2D eigenvalue weighted by Crippen LogP contribution is -2.47. The van der Waals surface area contributed by atoms with Crippen LogP contribution in [0.15, 0.2) is 29.3 Å². The molecular formula is C20H31N5O2. The molecule has 2 rings (SSSR count). The van der Waals surface area contributed by atoms with Gasteiger partial charge in [-0.3, -0.25) is 14.6 Å². The van der Waals surface area contributed by atoms with Crippen LogP contribution in [-0.2, 0) is 16.0 Å². The van der Waals surface area contributed by atoms with Gasteiger partial charge >= 0.3 is 0 Å². The number of piperidine rings is 1. The number of hydrogen-bond donors (Lipinski definition) is 3. The Morgan fingerprint density at radius 2 is 1.96 bits per heavy atom. The van der Waals surface area contributed by atoms with E-state index in [-0.39, 0.29) is 18.4 Å². The Morgan fingerprint density at radius 3 is 2.59 bits per heavy atom. The minimum Gasteiger partial charge on any atom is -0.359 e. The average molecular weight is 374 g/mol. The van der Waals surface area contributed by atoms with Crippen LogP contribution < -0.4 is 16.0 Å². The summed E-state index contributed by atoms with van der Waals surface area (Å²) in [6.07, 6.45) is 3.41. The molecule has 7 heteroatoms. The highest BCUT2D eigenvalue weighted by Crippen LogP contribution is 2.20. The molecule has 3 N–H and O–H groups in total. The smallest absolute Gasteiger partial charge is 0.243 e. The number of likely N-dealkylation sites (tertiary alicyclic amines) is 1. The number of guanidine groups is 1. The van der Waals surface area contributed by atoms with E-state index in [2.05, 4.69) is 32.8 Å². The number of aryl methyl sites for hydroxylation is 1. The van der Waals surface area contributed by atoms with Crippen molar-refractivity contribution in [2.24, 2.45) is 10.9 Å². The third-order valence-electron chi connectivity index (χ3n) is 4.90. The van der Waals surface area contributed by atoms with Gasteiger partial charge in [-0.1, -0.05) is 19.1 Å². The molecular weight excluding hydrogens is 342 g/mol. The highest BCUT2D eigenvalue weighted by Gasteiger charge is 2.23. The van der Waals surface area contributed by atoms with E-state index in [0.717, 1.165) is 44.0 Å². The van der Waals surface area contributed by atoms with Crippen molar-refractivity contribution < 1.29 is 9.59 Å². The van der Waals surface area contributed by atoms with E-state index in [1.165, 1.54) is 5.56 Å². The van der Waals surface area contributed by atoms with Crippen LogP contribution in [0.1, 0.15) is 31.7 Å². The summed E-state index contributed by atoms with van der Waals surface area (Å²) in [6.45, 7) is 3.93. The summed E-state index contributed by atoms with van der Waals surface area (Å²) < 4.78 is 0. The third kappa shape index (κ3) is 6.58. The van der Waals surface area contributed by atoms with Crippen LogP contribution in [0.5, 0.6) is 0 Å². The number of nitrogens with zero attached hydrogens (tertiary/aromatic N) is 2. The molecule has 1 aliphatic rings. The van der Waals surface area contributed by atoms with Gasteiger partial charge in [0.2, 0.25) is 11.8 Å². The monoisotopic (exact) mass is 373 g/mol. The van der Waals surface area contributed by atoms with E-state index in [1.54, 1.807) is 14.1 Å². The van der Waals surface area contributed by atoms with Crippen molar-refractivity contribution in [1.29, 1.82) is 0 Å². The number of rotatable bonds is 6. The minimum atomic E-state index is -0.0982. The molecule has 0 atom stereocenters. The Bertz CT molecular complexity index is 666. The number of carbonyl (C=O) groups is 2. The van der Waals surface area contributed by atoms with Crippen LogP contribution >= 0.6 is 0 Å². The summed E-state index contributed by atoms with van der Waals surface area (Å²) in [5.41, 5.74) is 2.00. The van der Waals surface area contributed by atoms with Gasteiger partial charge in [-0.25, -0.2) is 0 Å². The maximum absolute atomic E-state index is 12.2. The van der Waals surface area contributed by atoms with E-state index in [9.17, 15) is 9.59 Å². The normalized spacial score (nSPS) is 15.4. The zero-order valence-electron chi connectivity index (χ0n) is 16.5. The Labute approximate surface area is 161 Å². The fraction of sp³-hybridized carbons (Fsp3) is 0.550. The van der Waals surface area contributed by atoms with Crippen LogP contribution in [0.25, 0.3) is 0 Å². The predicted molar refractivity (Wildman–Crippen MR) is 109 cm³/mol. The SMILES string of the molecule is CCc1cccc(NC(=O)CNC(=NC)N2CCC(CC(=O)NC)CC2)c1. The molecule has 0 saturated carbocycles. The van der Waals surface area contributed by atoms with E-state index < -0.39 is 0 Å². The van der Waals surface area contributed by atoms with E-state index in [4.69, 9.17) is 0 Å². The Balaban J connectivity index is 1.78. The number of nitrogens with one attached hydrogen (secondary N) is 3. The topological polar surface area (TPSA) is 85.8 Å². The molecule has 2 amide bonds. The number of anilines is 1. The molecule has 0 radical (unpaired) electrons. The Morgan fingerprint density at radius 1 is 1.22 bits per heavy atom. The van der Waals surface area contributed by atoms with Gasteiger partial charge < -0.3 is 20.9 Å². The molecule has 1 aromatic carbocycles. The molecule has 1 heterocycles. The number of hydrogen-bond acceptors (Lipinski definition) is 3. The molecule has 7 nitrogen and oxygen atoms in total. The van der Waals surface area contributed by atoms with Crippen molar-refractivity contribution in [1.82, 2.24) is 15.5 Å². The summed E-state index contributed by atoms with van der Waals surface area (Å²) >= 11 is 0. The number of benzene rings is 1. The highest BCUT2D eigenvalue weighted by molar-refractivity contribution is 5.95. The molecule has 1 fully saturated rings. The summed E-state index contributed by atoms with van der Waals surface area (Å²) in [5.74, 6) is 1.14. The summed E-state index contributed by atoms with van der Waals surface area (Å²) in [5, 5.41) is 8.74. The Kier molecular flexibility index (Phi) is 8.10. The average Bonchev–Trinajstić information content (AvgIpc) is 2.69. The van der Waals surface area contributed by atoms with Gasteiger partial charge in [-0.15, -0.1) is 0 Å². The lowest BCUT2D eigenvalue weighted by atomic mass is 9.93. The lowest BCUT2D eigenvalue weighted by molar-refractivity contribution is -0.121. The van der Waals surface area contributed by atoms with Crippen LogP contribution in [0, 0.1) is 5.92 Å². The molecule has 0 bridgehead atoms. The van der Waals surface area contributed by atoms with Crippen molar-refractivity contribution in [3.63, 3.8) is 0 Å². The first-order valence-corrected chi connectivity index (χ1v) is 9.60. The predicted octanol–water partition coefficient (Wildman–Crippen LogP) is 1.61. The zero-order chi connectivity index (χ0) is 19.6. The van der Waals surface area contributed by atoms with Gasteiger partial charge in [0.25, 0.3) is 0 Å². The first kappa shape index (κ1) is 20.7. The second-order valence-electron chi connectivity index (χ2n) is 6.81. The molecule has 1 aliphatic heterocycles. The first-order chi connectivity index (χ1) is 13.0. The van der Waals surface area contributed by atoms with Crippen molar-refractivity contribution in [2.45, 2.75) is 32.6 Å². The van der Waals surface area contributed by atoms with Gasteiger partial charge in [0.05, 0.1) is 6.54 Å². The second kappa shape index (κ2) is 10.5. The van der Waals surface area contributed by atoms with Gasteiger partial charge in [0, 0.05) is 39.3 Å². The fourth-order valence-corrected chi connectivity index (χ4v) is 3.28. The van der Waals surface area contributed by atoms with Crippen molar-refractivity contribution >= 4 is 23.5 Å². The second-order valence-corrected chi connectivity index (χ2v) is 6.81. The van der Waals surface area contributed by atoms with Gasteiger partial charge in [-0.05, 0) is 42.9 Å². The van der Waals surface area contributed by atoms with Crippen LogP contribution in [0.2, 0.25) is 0 Å². The maximum Gasteiger partial charge on any atom is 0.243 e. The zero-order valence-corrected chi connectivity index (χ0v) is 16.5. The van der Waals surface area contributed by atoms with E-state index in [0.29, 0.717) is 12.3 Å². The van der Waals surface area contributed by atoms with Gasteiger partial charge in [0.15, 0.2) is 5.96 Å². The molecule has 1 saturated heterocycles. The van der Waals surface area contributed by atoms with Crippen molar-refractivity contribution in [3.8, 4) is 0 Å². The lowest BCUT2D eigenvalue weighted by Gasteiger charge is -2.33. The quantitative estimate of drug-likeness (QED) is 0.522. The van der Waals surface area contributed by atoms with Crippen LogP contribution in [-0.4, -0.2) is 56.4 Å². The van der Waals surface area contributed by atoms with Crippen LogP contribution in [0.4, 0.5) is 5.69 Å². The largest absolute Gasteiger partial charge is 0.359 e. The van der Waals surface area contributed by atoms with Gasteiger partial charge in [0.1, 0.15) is 0 Å². The highest BCUT2D eigenvalue weighted by atomic mass is 16.2. The van der Waals surface area contributed by atoms with Gasteiger partial charge in [-0.2, -0.15) is 0 Å². The van der Waals surface area contributed by atoms with Crippen LogP contribution in [0.3, 0.4) is 0 Å². The molecule has 0 aliphatic carbocycles. The van der Waals surface area contributed by atoms with E-state index in [1.807, 2.05) is 24.3 Å². The molecule has 0 unspecified atom stereocenters. The Hall–Kier alpha value is -2.57. The molecule has 0 spiro atoms.